The average Bonchev–Trinajstić information content (AvgIpc) is 3.41. The predicted octanol–water partition coefficient (Wildman–Crippen LogP) is 3.84. The number of nitrogens with one attached hydrogen (secondary N) is 2. The molecule has 1 aromatic heterocycles. The highest BCUT2D eigenvalue weighted by Crippen LogP contribution is 2.30. The number of hydrogen-bond acceptors (Lipinski definition) is 5. The van der Waals surface area contributed by atoms with E-state index in [9.17, 15) is 0 Å². The fraction of sp³-hybridized carbons (Fsp3) is 0.360. The van der Waals surface area contributed by atoms with Crippen molar-refractivity contribution in [3.8, 4) is 17.2 Å². The number of ether oxygens (including phenoxy) is 2. The number of piperidine rings is 1. The zero-order valence-electron chi connectivity index (χ0n) is 19.9. The summed E-state index contributed by atoms with van der Waals surface area (Å²) in [6, 6.07) is 14.7. The van der Waals surface area contributed by atoms with Gasteiger partial charge in [-0.1, -0.05) is 18.2 Å². The van der Waals surface area contributed by atoms with Gasteiger partial charge in [0.1, 0.15) is 11.5 Å². The number of halogens is 1. The van der Waals surface area contributed by atoms with Gasteiger partial charge in [0, 0.05) is 69.0 Å². The Bertz CT molecular complexity index is 1040. The fourth-order valence-corrected chi connectivity index (χ4v) is 4.14. The Hall–Kier alpha value is -2.95. The normalized spacial score (nSPS) is 14.3. The van der Waals surface area contributed by atoms with Gasteiger partial charge >= 0.3 is 0 Å². The highest BCUT2D eigenvalue weighted by atomic mass is 127. The van der Waals surface area contributed by atoms with E-state index in [1.54, 1.807) is 20.4 Å². The second-order valence-corrected chi connectivity index (χ2v) is 8.00. The van der Waals surface area contributed by atoms with E-state index in [1.165, 1.54) is 5.56 Å². The molecule has 0 bridgehead atoms. The molecule has 34 heavy (non-hydrogen) atoms. The smallest absolute Gasteiger partial charge is 0.191 e. The van der Waals surface area contributed by atoms with E-state index in [0.29, 0.717) is 12.6 Å². The van der Waals surface area contributed by atoms with Crippen molar-refractivity contribution in [1.29, 1.82) is 0 Å². The Morgan fingerprint density at radius 3 is 2.41 bits per heavy atom. The minimum atomic E-state index is 0. The Morgan fingerprint density at radius 1 is 1.09 bits per heavy atom. The Labute approximate surface area is 218 Å². The molecular weight excluding hydrogens is 543 g/mol. The number of guanidine groups is 1. The Kier molecular flexibility index (Phi) is 9.43. The molecule has 1 fully saturated rings. The SMILES string of the molecule is CN=C(NCc1ccccc1-n1ccnc1)NC1CCN(c2cc(OC)cc(OC)c2)CC1.I. The first-order valence-electron chi connectivity index (χ1n) is 11.2. The lowest BCUT2D eigenvalue weighted by Gasteiger charge is -2.34. The van der Waals surface area contributed by atoms with Crippen molar-refractivity contribution in [3.63, 3.8) is 0 Å². The summed E-state index contributed by atoms with van der Waals surface area (Å²) < 4.78 is 12.9. The van der Waals surface area contributed by atoms with Crippen molar-refractivity contribution in [2.45, 2.75) is 25.4 Å². The molecule has 2 N–H and O–H groups in total. The first-order valence-corrected chi connectivity index (χ1v) is 11.2. The molecule has 0 aliphatic carbocycles. The number of methoxy groups -OCH3 is 2. The summed E-state index contributed by atoms with van der Waals surface area (Å²) >= 11 is 0. The minimum absolute atomic E-state index is 0. The van der Waals surface area contributed by atoms with Crippen LogP contribution in [0, 0.1) is 0 Å². The van der Waals surface area contributed by atoms with Crippen LogP contribution in [0.5, 0.6) is 11.5 Å². The molecular formula is C25H33IN6O2. The first-order chi connectivity index (χ1) is 16.2. The number of aromatic nitrogens is 2. The average molecular weight is 576 g/mol. The third-order valence-corrected chi connectivity index (χ3v) is 5.98. The molecule has 2 heterocycles. The fourth-order valence-electron chi connectivity index (χ4n) is 4.14. The third kappa shape index (κ3) is 6.34. The lowest BCUT2D eigenvalue weighted by atomic mass is 10.0. The molecule has 0 atom stereocenters. The van der Waals surface area contributed by atoms with E-state index in [1.807, 2.05) is 36.3 Å². The second-order valence-electron chi connectivity index (χ2n) is 8.00. The Balaban J connectivity index is 0.00000324. The van der Waals surface area contributed by atoms with Crippen molar-refractivity contribution in [1.82, 2.24) is 20.2 Å². The van der Waals surface area contributed by atoms with Gasteiger partial charge in [-0.05, 0) is 24.5 Å². The highest BCUT2D eigenvalue weighted by Gasteiger charge is 2.21. The van der Waals surface area contributed by atoms with Crippen LogP contribution in [0.2, 0.25) is 0 Å². The monoisotopic (exact) mass is 576 g/mol. The van der Waals surface area contributed by atoms with E-state index in [4.69, 9.17) is 9.47 Å². The molecule has 0 amide bonds. The van der Waals surface area contributed by atoms with Gasteiger partial charge in [0.2, 0.25) is 0 Å². The van der Waals surface area contributed by atoms with Crippen molar-refractivity contribution >= 4 is 35.6 Å². The van der Waals surface area contributed by atoms with Crippen molar-refractivity contribution in [2.75, 3.05) is 39.3 Å². The van der Waals surface area contributed by atoms with Gasteiger partial charge in [-0.15, -0.1) is 24.0 Å². The maximum absolute atomic E-state index is 5.42. The molecule has 0 spiro atoms. The lowest BCUT2D eigenvalue weighted by Crippen LogP contribution is -2.48. The van der Waals surface area contributed by atoms with Crippen LogP contribution in [0.4, 0.5) is 5.69 Å². The minimum Gasteiger partial charge on any atom is -0.497 e. The predicted molar refractivity (Wildman–Crippen MR) is 147 cm³/mol. The van der Waals surface area contributed by atoms with E-state index in [-0.39, 0.29) is 24.0 Å². The molecule has 1 aliphatic rings. The summed E-state index contributed by atoms with van der Waals surface area (Å²) in [5, 5.41) is 7.06. The van der Waals surface area contributed by atoms with Crippen LogP contribution in [-0.4, -0.2) is 55.9 Å². The third-order valence-electron chi connectivity index (χ3n) is 5.98. The van der Waals surface area contributed by atoms with Gasteiger partial charge in [0.05, 0.1) is 26.2 Å². The number of rotatable bonds is 7. The molecule has 2 aromatic carbocycles. The summed E-state index contributed by atoms with van der Waals surface area (Å²) in [4.78, 5) is 11.0. The maximum Gasteiger partial charge on any atom is 0.191 e. The van der Waals surface area contributed by atoms with Gasteiger partial charge in [-0.2, -0.15) is 0 Å². The van der Waals surface area contributed by atoms with Crippen molar-refractivity contribution in [2.24, 2.45) is 4.99 Å². The van der Waals surface area contributed by atoms with Crippen LogP contribution >= 0.6 is 24.0 Å². The molecule has 1 saturated heterocycles. The van der Waals surface area contributed by atoms with Gasteiger partial charge < -0.3 is 29.6 Å². The van der Waals surface area contributed by atoms with Crippen molar-refractivity contribution < 1.29 is 9.47 Å². The molecule has 4 rings (SSSR count). The van der Waals surface area contributed by atoms with Crippen LogP contribution in [0.1, 0.15) is 18.4 Å². The molecule has 9 heteroatoms. The quantitative estimate of drug-likeness (QED) is 0.253. The number of aliphatic imine (C=N–C) groups is 1. The van der Waals surface area contributed by atoms with E-state index in [2.05, 4.69) is 55.8 Å². The highest BCUT2D eigenvalue weighted by molar-refractivity contribution is 14.0. The lowest BCUT2D eigenvalue weighted by molar-refractivity contribution is 0.393. The van der Waals surface area contributed by atoms with Crippen LogP contribution in [0.3, 0.4) is 0 Å². The largest absolute Gasteiger partial charge is 0.497 e. The molecule has 3 aromatic rings. The van der Waals surface area contributed by atoms with E-state index < -0.39 is 0 Å². The summed E-state index contributed by atoms with van der Waals surface area (Å²) in [5.41, 5.74) is 3.42. The van der Waals surface area contributed by atoms with Gasteiger partial charge in [-0.3, -0.25) is 4.99 Å². The number of nitrogens with zero attached hydrogens (tertiary/aromatic N) is 4. The number of anilines is 1. The standard InChI is InChI=1S/C25H32N6O2.HI/c1-26-25(28-17-19-6-4-5-7-24(19)31-13-10-27-18-31)29-20-8-11-30(12-9-20)21-14-22(32-2)16-23(15-21)33-3;/h4-7,10,13-16,18,20H,8-9,11-12,17H2,1-3H3,(H2,26,28,29);1H. The topological polar surface area (TPSA) is 75.9 Å². The molecule has 0 unspecified atom stereocenters. The number of hydrogen-bond donors (Lipinski definition) is 2. The Morgan fingerprint density at radius 2 is 1.79 bits per heavy atom. The van der Waals surface area contributed by atoms with Crippen molar-refractivity contribution in [3.05, 3.63) is 66.7 Å². The van der Waals surface area contributed by atoms with Gasteiger partial charge in [0.25, 0.3) is 0 Å². The molecule has 0 saturated carbocycles. The number of imidazole rings is 1. The second kappa shape index (κ2) is 12.5. The van der Waals surface area contributed by atoms with Gasteiger partial charge in [-0.25, -0.2) is 4.98 Å². The van der Waals surface area contributed by atoms with Crippen LogP contribution < -0.4 is 25.0 Å². The molecule has 1 aliphatic heterocycles. The van der Waals surface area contributed by atoms with Gasteiger partial charge in [0.15, 0.2) is 5.96 Å². The summed E-state index contributed by atoms with van der Waals surface area (Å²) in [6.45, 7) is 2.58. The molecule has 0 radical (unpaired) electrons. The zero-order valence-corrected chi connectivity index (χ0v) is 22.2. The van der Waals surface area contributed by atoms with Crippen LogP contribution in [-0.2, 0) is 6.54 Å². The van der Waals surface area contributed by atoms with Crippen LogP contribution in [0.15, 0.2) is 66.2 Å². The summed E-state index contributed by atoms with van der Waals surface area (Å²) in [5.74, 6) is 2.44. The first kappa shape index (κ1) is 25.7. The number of para-hydroxylation sites is 1. The zero-order chi connectivity index (χ0) is 23.0. The summed E-state index contributed by atoms with van der Waals surface area (Å²) in [6.07, 6.45) is 7.60. The number of benzene rings is 2. The van der Waals surface area contributed by atoms with E-state index >= 15 is 0 Å². The molecule has 8 nitrogen and oxygen atoms in total. The van der Waals surface area contributed by atoms with Crippen LogP contribution in [0.25, 0.3) is 5.69 Å². The maximum atomic E-state index is 5.42. The summed E-state index contributed by atoms with van der Waals surface area (Å²) in [7, 11) is 5.18. The van der Waals surface area contributed by atoms with E-state index in [0.717, 1.165) is 54.8 Å². The molecule has 182 valence electrons.